The zero-order chi connectivity index (χ0) is 26.2. The van der Waals surface area contributed by atoms with E-state index in [1.807, 2.05) is 0 Å². The number of thioether (sulfide) groups is 2. The Morgan fingerprint density at radius 2 is 0.800 bits per heavy atom. The van der Waals surface area contributed by atoms with Gasteiger partial charge in [-0.05, 0) is 12.2 Å². The van der Waals surface area contributed by atoms with Crippen LogP contribution >= 0.6 is 23.5 Å². The Kier molecular flexibility index (Phi) is 4.73. The van der Waals surface area contributed by atoms with Crippen molar-refractivity contribution >= 4 is 78.7 Å². The number of benzene rings is 4. The first kappa shape index (κ1) is 22.3. The third-order valence-corrected chi connectivity index (χ3v) is 9.75. The molecule has 3 aliphatic heterocycles. The average molecular weight is 549 g/mol. The molecule has 0 unspecified atom stereocenters. The number of hydrogen-bond acceptors (Lipinski definition) is 4. The number of hydrogen-bond donors (Lipinski definition) is 2. The summed E-state index contributed by atoms with van der Waals surface area (Å²) in [6.07, 6.45) is 4.39. The van der Waals surface area contributed by atoms with Crippen molar-refractivity contribution in [2.24, 2.45) is 9.98 Å². The summed E-state index contributed by atoms with van der Waals surface area (Å²) in [6.45, 7) is 0. The minimum absolute atomic E-state index is 0.968. The Labute approximate surface area is 238 Å². The number of aromatic nitrogens is 2. The van der Waals surface area contributed by atoms with Crippen LogP contribution in [-0.2, 0) is 0 Å². The normalized spacial score (nSPS) is 15.4. The van der Waals surface area contributed by atoms with E-state index in [-0.39, 0.29) is 0 Å². The summed E-state index contributed by atoms with van der Waals surface area (Å²) in [5, 5.41) is 8.89. The number of nitrogens with zero attached hydrogens (tertiary/aromatic N) is 2. The largest absolute Gasteiger partial charge is 0.349 e. The van der Waals surface area contributed by atoms with E-state index in [9.17, 15) is 0 Å². The summed E-state index contributed by atoms with van der Waals surface area (Å²) in [5.74, 6) is 0. The Bertz CT molecular complexity index is 2020. The highest BCUT2D eigenvalue weighted by Crippen LogP contribution is 2.43. The summed E-state index contributed by atoms with van der Waals surface area (Å²) < 4.78 is 0. The van der Waals surface area contributed by atoms with Gasteiger partial charge < -0.3 is 9.97 Å². The van der Waals surface area contributed by atoms with Gasteiger partial charge in [-0.25, -0.2) is 9.98 Å². The van der Waals surface area contributed by atoms with E-state index >= 15 is 0 Å². The summed E-state index contributed by atoms with van der Waals surface area (Å²) in [6, 6.07) is 34.2. The molecule has 3 aliphatic rings. The van der Waals surface area contributed by atoms with Gasteiger partial charge in [-0.3, -0.25) is 0 Å². The van der Waals surface area contributed by atoms with Gasteiger partial charge in [0.1, 0.15) is 10.1 Å². The molecule has 0 radical (unpaired) electrons. The lowest BCUT2D eigenvalue weighted by Crippen LogP contribution is -1.93. The molecule has 2 aromatic heterocycles. The van der Waals surface area contributed by atoms with Crippen molar-refractivity contribution in [2.45, 2.75) is 10.1 Å². The van der Waals surface area contributed by atoms with Crippen LogP contribution in [0.15, 0.2) is 117 Å². The Morgan fingerprint density at radius 3 is 1.25 bits per heavy atom. The van der Waals surface area contributed by atoms with E-state index in [4.69, 9.17) is 9.98 Å². The molecule has 0 amide bonds. The lowest BCUT2D eigenvalue weighted by atomic mass is 10.1. The third kappa shape index (κ3) is 3.30. The second-order valence-electron chi connectivity index (χ2n) is 10.0. The van der Waals surface area contributed by atoms with Crippen LogP contribution in [0.4, 0.5) is 0 Å². The zero-order valence-corrected chi connectivity index (χ0v) is 22.7. The monoisotopic (exact) mass is 548 g/mol. The van der Waals surface area contributed by atoms with Crippen LogP contribution in [0.1, 0.15) is 33.6 Å². The maximum atomic E-state index is 5.19. The fourth-order valence-corrected chi connectivity index (χ4v) is 7.97. The van der Waals surface area contributed by atoms with Gasteiger partial charge >= 0.3 is 0 Å². The van der Waals surface area contributed by atoms with Gasteiger partial charge in [0.25, 0.3) is 0 Å². The first-order chi connectivity index (χ1) is 19.8. The van der Waals surface area contributed by atoms with Crippen molar-refractivity contribution < 1.29 is 0 Å². The van der Waals surface area contributed by atoms with Crippen LogP contribution in [0.3, 0.4) is 0 Å². The molecule has 2 N–H and O–H groups in total. The van der Waals surface area contributed by atoms with Gasteiger partial charge in [0.05, 0.1) is 21.4 Å². The van der Waals surface area contributed by atoms with Gasteiger partial charge in [-0.15, -0.1) is 0 Å². The first-order valence-electron chi connectivity index (χ1n) is 13.2. The van der Waals surface area contributed by atoms with Gasteiger partial charge in [0, 0.05) is 55.2 Å². The van der Waals surface area contributed by atoms with Gasteiger partial charge in [-0.2, -0.15) is 0 Å². The molecule has 6 heteroatoms. The Morgan fingerprint density at radius 1 is 0.425 bits per heavy atom. The summed E-state index contributed by atoms with van der Waals surface area (Å²) in [4.78, 5) is 17.8. The summed E-state index contributed by atoms with van der Waals surface area (Å²) in [7, 11) is 0. The molecule has 5 heterocycles. The van der Waals surface area contributed by atoms with Crippen molar-refractivity contribution in [3.63, 3.8) is 0 Å². The van der Waals surface area contributed by atoms with Crippen molar-refractivity contribution in [3.8, 4) is 0 Å². The Hall–Kier alpha value is -4.52. The molecular formula is C34H20N4S2. The molecule has 0 atom stereocenters. The molecular weight excluding hydrogens is 529 g/mol. The van der Waals surface area contributed by atoms with Crippen LogP contribution in [0.2, 0.25) is 0 Å². The molecule has 9 rings (SSSR count). The van der Waals surface area contributed by atoms with Crippen molar-refractivity contribution in [3.05, 3.63) is 131 Å². The standard InChI is InChI=1S/C34H20N4S2/c1-5-13-23-19(9-1)27-17-28-20-10-2-6-14-24(20)33(36-28)40-34-26-16-8-4-12-22(26)30(38-34)18-29-21-11-3-7-15-25(21)32(37-29)39-31(23)35-27/h1-18,35,38H. The van der Waals surface area contributed by atoms with Crippen molar-refractivity contribution in [1.29, 1.82) is 0 Å². The number of H-pyrrole nitrogens is 2. The maximum absolute atomic E-state index is 5.19. The zero-order valence-electron chi connectivity index (χ0n) is 21.1. The molecule has 0 aliphatic carbocycles. The van der Waals surface area contributed by atoms with E-state index in [2.05, 4.69) is 119 Å². The van der Waals surface area contributed by atoms with E-state index in [1.54, 1.807) is 23.5 Å². The van der Waals surface area contributed by atoms with Crippen LogP contribution in [0, 0.1) is 0 Å². The molecule has 4 nitrogen and oxygen atoms in total. The third-order valence-electron chi connectivity index (χ3n) is 7.69. The Balaban J connectivity index is 1.35. The quantitative estimate of drug-likeness (QED) is 0.199. The van der Waals surface area contributed by atoms with Crippen molar-refractivity contribution in [1.82, 2.24) is 9.97 Å². The molecule has 0 saturated heterocycles. The molecule has 6 aromatic rings. The van der Waals surface area contributed by atoms with Crippen LogP contribution in [0.25, 0.3) is 45.1 Å². The first-order valence-corrected chi connectivity index (χ1v) is 14.8. The average Bonchev–Trinajstić information content (AvgIpc) is 3.73. The number of nitrogens with one attached hydrogen (secondary N) is 2. The predicted molar refractivity (Wildman–Crippen MR) is 170 cm³/mol. The smallest absolute Gasteiger partial charge is 0.111 e. The number of fused-ring (bicyclic) bond motifs is 18. The lowest BCUT2D eigenvalue weighted by molar-refractivity contribution is 1.21. The molecule has 8 bridgehead atoms. The number of rotatable bonds is 0. The second kappa shape index (κ2) is 8.49. The topological polar surface area (TPSA) is 56.3 Å². The highest BCUT2D eigenvalue weighted by atomic mass is 32.2. The summed E-state index contributed by atoms with van der Waals surface area (Å²) >= 11 is 3.39. The van der Waals surface area contributed by atoms with Gasteiger partial charge in [0.15, 0.2) is 0 Å². The molecule has 40 heavy (non-hydrogen) atoms. The van der Waals surface area contributed by atoms with Gasteiger partial charge in [0.2, 0.25) is 0 Å². The SMILES string of the molecule is C1=C2N=C(Sc3[nH]c(c4ccccc34)C=C3N=C(Sc4[nH]c1c1ccccc41)c1ccccc13)c1ccccc12. The van der Waals surface area contributed by atoms with E-state index in [1.165, 1.54) is 21.5 Å². The molecule has 4 aromatic carbocycles. The summed E-state index contributed by atoms with van der Waals surface area (Å²) in [5.41, 5.74) is 8.67. The minimum atomic E-state index is 0.968. The maximum Gasteiger partial charge on any atom is 0.111 e. The fraction of sp³-hybridized carbons (Fsp3) is 0. The molecule has 0 fully saturated rings. The second-order valence-corrected chi connectivity index (χ2v) is 12.0. The van der Waals surface area contributed by atoms with Crippen LogP contribution in [-0.4, -0.2) is 20.1 Å². The predicted octanol–water partition coefficient (Wildman–Crippen LogP) is 9.06. The van der Waals surface area contributed by atoms with E-state index < -0.39 is 0 Å². The highest BCUT2D eigenvalue weighted by molar-refractivity contribution is 8.14. The highest BCUT2D eigenvalue weighted by Gasteiger charge is 2.26. The fourth-order valence-electron chi connectivity index (χ4n) is 5.82. The van der Waals surface area contributed by atoms with E-state index in [0.29, 0.717) is 0 Å². The lowest BCUT2D eigenvalue weighted by Gasteiger charge is -2.02. The molecule has 0 saturated carbocycles. The van der Waals surface area contributed by atoms with Crippen molar-refractivity contribution in [2.75, 3.05) is 0 Å². The number of aromatic amines is 2. The molecule has 188 valence electrons. The minimum Gasteiger partial charge on any atom is -0.349 e. The van der Waals surface area contributed by atoms with Crippen LogP contribution < -0.4 is 0 Å². The number of aliphatic imine (C=N–C) groups is 2. The van der Waals surface area contributed by atoms with Gasteiger partial charge in [-0.1, -0.05) is 121 Å². The van der Waals surface area contributed by atoms with E-state index in [0.717, 1.165) is 65.2 Å². The van der Waals surface area contributed by atoms with Crippen LogP contribution in [0.5, 0.6) is 0 Å². The molecule has 0 spiro atoms.